The average Bonchev–Trinajstić information content (AvgIpc) is 3.28. The van der Waals surface area contributed by atoms with Crippen LogP contribution in [-0.4, -0.2) is 58.6 Å². The Hall–Kier alpha value is -3.28. The molecular formula is C26H29N3O3. The molecular weight excluding hydrogens is 402 g/mol. The Morgan fingerprint density at radius 3 is 2.72 bits per heavy atom. The predicted octanol–water partition coefficient (Wildman–Crippen LogP) is 4.16. The number of H-pyrrole nitrogens is 1. The second-order valence-corrected chi connectivity index (χ2v) is 8.98. The molecule has 2 saturated heterocycles. The third-order valence-electron chi connectivity index (χ3n) is 6.82. The molecule has 2 fully saturated rings. The first kappa shape index (κ1) is 20.6. The third kappa shape index (κ3) is 4.22. The lowest BCUT2D eigenvalue weighted by molar-refractivity contribution is -0.130. The standard InChI is InChI=1S/C26H29N3O3/c30-24(17-21-18-27-23-10-5-4-9-22(21)23)28-14-6-12-26(13-16-28)19-29(25(31)32-26)15-11-20-7-2-1-3-8-20/h1-5,7-10,18,27H,6,11-17,19H2/t26-/m1/s1. The number of ether oxygens (including phenoxy) is 1. The maximum absolute atomic E-state index is 13.0. The largest absolute Gasteiger partial charge is 0.441 e. The number of carbonyl (C=O) groups excluding carboxylic acids is 2. The lowest BCUT2D eigenvalue weighted by atomic mass is 9.95. The van der Waals surface area contributed by atoms with E-state index in [9.17, 15) is 9.59 Å². The van der Waals surface area contributed by atoms with E-state index < -0.39 is 5.60 Å². The van der Waals surface area contributed by atoms with Crippen molar-refractivity contribution in [1.29, 1.82) is 0 Å². The lowest BCUT2D eigenvalue weighted by Crippen LogP contribution is -2.38. The molecule has 1 spiro atoms. The molecule has 3 aromatic rings. The molecule has 1 N–H and O–H groups in total. The monoisotopic (exact) mass is 431 g/mol. The number of rotatable bonds is 5. The van der Waals surface area contributed by atoms with Crippen LogP contribution in [0, 0.1) is 0 Å². The highest BCUT2D eigenvalue weighted by Crippen LogP contribution is 2.33. The first-order chi connectivity index (χ1) is 15.6. The maximum atomic E-state index is 13.0. The highest BCUT2D eigenvalue weighted by Gasteiger charge is 2.45. The second-order valence-electron chi connectivity index (χ2n) is 8.98. The smallest absolute Gasteiger partial charge is 0.410 e. The van der Waals surface area contributed by atoms with Crippen LogP contribution >= 0.6 is 0 Å². The number of benzene rings is 2. The van der Waals surface area contributed by atoms with Crippen molar-refractivity contribution in [3.8, 4) is 0 Å². The number of nitrogens with one attached hydrogen (secondary N) is 1. The number of nitrogens with zero attached hydrogens (tertiary/aromatic N) is 2. The van der Waals surface area contributed by atoms with Gasteiger partial charge in [0, 0.05) is 43.2 Å². The van der Waals surface area contributed by atoms with Crippen molar-refractivity contribution in [3.05, 3.63) is 71.9 Å². The zero-order valence-electron chi connectivity index (χ0n) is 18.3. The number of hydrogen-bond donors (Lipinski definition) is 1. The molecule has 0 saturated carbocycles. The summed E-state index contributed by atoms with van der Waals surface area (Å²) < 4.78 is 5.91. The van der Waals surface area contributed by atoms with Gasteiger partial charge in [-0.15, -0.1) is 0 Å². The van der Waals surface area contributed by atoms with Gasteiger partial charge in [0.1, 0.15) is 5.60 Å². The third-order valence-corrected chi connectivity index (χ3v) is 6.82. The van der Waals surface area contributed by atoms with Crippen LogP contribution < -0.4 is 0 Å². The molecule has 6 nitrogen and oxygen atoms in total. The zero-order chi connectivity index (χ0) is 22.0. The van der Waals surface area contributed by atoms with Crippen LogP contribution in [0.25, 0.3) is 10.9 Å². The van der Waals surface area contributed by atoms with Crippen molar-refractivity contribution in [2.45, 2.75) is 37.7 Å². The van der Waals surface area contributed by atoms with Crippen LogP contribution in [0.5, 0.6) is 0 Å². The van der Waals surface area contributed by atoms with Gasteiger partial charge in [-0.05, 0) is 36.5 Å². The number of amides is 2. The minimum atomic E-state index is -0.469. The summed E-state index contributed by atoms with van der Waals surface area (Å²) in [4.78, 5) is 32.6. The van der Waals surface area contributed by atoms with Gasteiger partial charge in [0.15, 0.2) is 0 Å². The summed E-state index contributed by atoms with van der Waals surface area (Å²) in [6, 6.07) is 18.3. The molecule has 0 unspecified atom stereocenters. The molecule has 166 valence electrons. The summed E-state index contributed by atoms with van der Waals surface area (Å²) >= 11 is 0. The van der Waals surface area contributed by atoms with Crippen LogP contribution in [0.4, 0.5) is 4.79 Å². The van der Waals surface area contributed by atoms with Gasteiger partial charge in [-0.2, -0.15) is 0 Å². The molecule has 2 amide bonds. The Kier molecular flexibility index (Phi) is 5.60. The quantitative estimate of drug-likeness (QED) is 0.660. The van der Waals surface area contributed by atoms with Gasteiger partial charge in [0.2, 0.25) is 5.91 Å². The van der Waals surface area contributed by atoms with Crippen LogP contribution in [0.15, 0.2) is 60.8 Å². The van der Waals surface area contributed by atoms with Gasteiger partial charge in [0.05, 0.1) is 13.0 Å². The van der Waals surface area contributed by atoms with Crippen molar-refractivity contribution in [1.82, 2.24) is 14.8 Å². The van der Waals surface area contributed by atoms with Crippen LogP contribution in [0.2, 0.25) is 0 Å². The maximum Gasteiger partial charge on any atom is 0.410 e. The minimum absolute atomic E-state index is 0.136. The lowest BCUT2D eigenvalue weighted by Gasteiger charge is -2.25. The molecule has 2 aliphatic heterocycles. The van der Waals surface area contributed by atoms with Gasteiger partial charge in [-0.25, -0.2) is 4.79 Å². The predicted molar refractivity (Wildman–Crippen MR) is 123 cm³/mol. The SMILES string of the molecule is O=C(Cc1c[nH]c2ccccc12)N1CCC[C@@]2(CC1)CN(CCc1ccccc1)C(=O)O2. The number of aromatic amines is 1. The fraction of sp³-hybridized carbons (Fsp3) is 0.385. The highest BCUT2D eigenvalue weighted by atomic mass is 16.6. The van der Waals surface area contributed by atoms with E-state index in [1.807, 2.05) is 58.5 Å². The van der Waals surface area contributed by atoms with Crippen LogP contribution in [-0.2, 0) is 22.4 Å². The molecule has 0 aliphatic carbocycles. The molecule has 2 aromatic carbocycles. The molecule has 3 heterocycles. The number of fused-ring (bicyclic) bond motifs is 1. The first-order valence-corrected chi connectivity index (χ1v) is 11.5. The minimum Gasteiger partial charge on any atom is -0.441 e. The Balaban J connectivity index is 1.19. The van der Waals surface area contributed by atoms with E-state index in [-0.39, 0.29) is 12.0 Å². The Morgan fingerprint density at radius 1 is 1.03 bits per heavy atom. The number of para-hydroxylation sites is 1. The van der Waals surface area contributed by atoms with Gasteiger partial charge in [-0.1, -0.05) is 48.5 Å². The van der Waals surface area contributed by atoms with Crippen molar-refractivity contribution >= 4 is 22.9 Å². The van der Waals surface area contributed by atoms with Crippen molar-refractivity contribution in [2.75, 3.05) is 26.2 Å². The Bertz CT molecular complexity index is 1110. The molecule has 0 radical (unpaired) electrons. The van der Waals surface area contributed by atoms with E-state index in [4.69, 9.17) is 4.74 Å². The summed E-state index contributed by atoms with van der Waals surface area (Å²) in [6.07, 6.45) is 5.27. The summed E-state index contributed by atoms with van der Waals surface area (Å²) in [6.45, 7) is 2.61. The Morgan fingerprint density at radius 2 is 1.84 bits per heavy atom. The van der Waals surface area contributed by atoms with Gasteiger partial charge in [0.25, 0.3) is 0 Å². The van der Waals surface area contributed by atoms with Gasteiger partial charge in [-0.3, -0.25) is 4.79 Å². The van der Waals surface area contributed by atoms with Gasteiger partial charge >= 0.3 is 6.09 Å². The molecule has 6 heteroatoms. The molecule has 0 bridgehead atoms. The Labute approximate surface area is 188 Å². The van der Waals surface area contributed by atoms with Crippen molar-refractivity contribution in [2.24, 2.45) is 0 Å². The van der Waals surface area contributed by atoms with E-state index in [2.05, 4.69) is 17.1 Å². The van der Waals surface area contributed by atoms with Crippen molar-refractivity contribution < 1.29 is 14.3 Å². The van der Waals surface area contributed by atoms with Crippen LogP contribution in [0.3, 0.4) is 0 Å². The zero-order valence-corrected chi connectivity index (χ0v) is 18.3. The number of carbonyl (C=O) groups is 2. The summed E-state index contributed by atoms with van der Waals surface area (Å²) in [5.41, 5.74) is 2.84. The highest BCUT2D eigenvalue weighted by molar-refractivity contribution is 5.88. The summed E-state index contributed by atoms with van der Waals surface area (Å²) in [5.74, 6) is 0.136. The number of likely N-dealkylation sites (tertiary alicyclic amines) is 1. The fourth-order valence-electron chi connectivity index (χ4n) is 5.00. The number of hydrogen-bond acceptors (Lipinski definition) is 3. The van der Waals surface area contributed by atoms with E-state index in [0.29, 0.717) is 39.0 Å². The van der Waals surface area contributed by atoms with E-state index in [1.54, 1.807) is 0 Å². The number of aromatic nitrogens is 1. The normalized spacial score (nSPS) is 21.2. The van der Waals surface area contributed by atoms with E-state index >= 15 is 0 Å². The summed E-state index contributed by atoms with van der Waals surface area (Å²) in [7, 11) is 0. The van der Waals surface area contributed by atoms with Crippen LogP contribution in [0.1, 0.15) is 30.4 Å². The fourth-order valence-corrected chi connectivity index (χ4v) is 5.00. The van der Waals surface area contributed by atoms with Gasteiger partial charge < -0.3 is 19.5 Å². The van der Waals surface area contributed by atoms with Crippen molar-refractivity contribution in [3.63, 3.8) is 0 Å². The van der Waals surface area contributed by atoms with E-state index in [1.165, 1.54) is 5.56 Å². The van der Waals surface area contributed by atoms with E-state index in [0.717, 1.165) is 35.7 Å². The molecule has 1 atom stereocenters. The molecule has 32 heavy (non-hydrogen) atoms. The summed E-state index contributed by atoms with van der Waals surface area (Å²) in [5, 5.41) is 1.10. The molecule has 2 aliphatic rings. The topological polar surface area (TPSA) is 65.6 Å². The molecule has 5 rings (SSSR count). The second kappa shape index (κ2) is 8.69. The average molecular weight is 432 g/mol. The molecule has 1 aromatic heterocycles. The first-order valence-electron chi connectivity index (χ1n) is 11.5.